The Balaban J connectivity index is 0.000000473. The summed E-state index contributed by atoms with van der Waals surface area (Å²) in [5, 5.41) is 14.2. The van der Waals surface area contributed by atoms with Crippen LogP contribution in [0.1, 0.15) is 18.4 Å². The number of aryl methyl sites for hydroxylation is 1. The summed E-state index contributed by atoms with van der Waals surface area (Å²) in [7, 11) is 4.24. The van der Waals surface area contributed by atoms with Crippen molar-refractivity contribution in [2.75, 3.05) is 60.0 Å². The summed E-state index contributed by atoms with van der Waals surface area (Å²) < 4.78 is 69.6. The minimum absolute atomic E-state index is 0.203. The molecule has 0 aliphatic carbocycles. The van der Waals surface area contributed by atoms with Gasteiger partial charge in [-0.3, -0.25) is 9.69 Å². The second kappa shape index (κ2) is 16.4. The van der Waals surface area contributed by atoms with Gasteiger partial charge in [0.05, 0.1) is 12.7 Å². The zero-order valence-electron chi connectivity index (χ0n) is 22.2. The Kier molecular flexibility index (Phi) is 14.4. The Labute approximate surface area is 228 Å². The van der Waals surface area contributed by atoms with E-state index in [1.807, 2.05) is 23.1 Å². The average Bonchev–Trinajstić information content (AvgIpc) is 3.07. The predicted octanol–water partition coefficient (Wildman–Crippen LogP) is 3.00. The van der Waals surface area contributed by atoms with Crippen LogP contribution in [-0.2, 0) is 25.5 Å². The summed E-state index contributed by atoms with van der Waals surface area (Å²) in [6.45, 7) is 6.70. The molecule has 2 aliphatic rings. The number of amides is 1. The standard InChI is InChI=1S/C21H33N3O2.2C2HF3O2/c1-22(2)12-13-23-14-15-26-20-17-24(11-10-19(20)16-23)21(25)9-8-18-6-4-3-5-7-18;2*3-2(4,5)1(6)7/h3-7,19-20H,8-17H2,1-2H3;2*(H,6,7)/t19-,20-;;/m1../s1. The highest BCUT2D eigenvalue weighted by atomic mass is 19.4. The third-order valence-corrected chi connectivity index (χ3v) is 6.10. The molecular weight excluding hydrogens is 552 g/mol. The van der Waals surface area contributed by atoms with Crippen LogP contribution in [0.5, 0.6) is 0 Å². The Morgan fingerprint density at radius 1 is 0.950 bits per heavy atom. The van der Waals surface area contributed by atoms with Gasteiger partial charge in [-0.05, 0) is 32.5 Å². The van der Waals surface area contributed by atoms with E-state index in [1.165, 1.54) is 5.56 Å². The van der Waals surface area contributed by atoms with Crippen LogP contribution in [0.3, 0.4) is 0 Å². The molecule has 0 aromatic heterocycles. The molecule has 3 rings (SSSR count). The van der Waals surface area contributed by atoms with Gasteiger partial charge in [-0.15, -0.1) is 0 Å². The van der Waals surface area contributed by atoms with Gasteiger partial charge < -0.3 is 24.7 Å². The number of benzene rings is 1. The highest BCUT2D eigenvalue weighted by Crippen LogP contribution is 2.25. The van der Waals surface area contributed by atoms with Crippen molar-refractivity contribution in [3.05, 3.63) is 35.9 Å². The van der Waals surface area contributed by atoms with E-state index in [1.54, 1.807) is 0 Å². The van der Waals surface area contributed by atoms with E-state index in [2.05, 4.69) is 36.0 Å². The van der Waals surface area contributed by atoms with Gasteiger partial charge in [-0.1, -0.05) is 30.3 Å². The maximum Gasteiger partial charge on any atom is 0.490 e. The molecule has 1 aromatic rings. The van der Waals surface area contributed by atoms with Gasteiger partial charge >= 0.3 is 24.3 Å². The van der Waals surface area contributed by atoms with Crippen LogP contribution in [0.2, 0.25) is 0 Å². The number of piperidine rings is 1. The summed E-state index contributed by atoms with van der Waals surface area (Å²) in [5.74, 6) is -4.69. The molecular formula is C25H35F6N3O6. The quantitative estimate of drug-likeness (QED) is 0.489. The van der Waals surface area contributed by atoms with E-state index in [4.69, 9.17) is 24.5 Å². The zero-order chi connectivity index (χ0) is 30.5. The fourth-order valence-electron chi connectivity index (χ4n) is 3.94. The van der Waals surface area contributed by atoms with E-state index in [-0.39, 0.29) is 12.0 Å². The number of nitrogens with zero attached hydrogens (tertiary/aromatic N) is 3. The number of aliphatic carboxylic acids is 2. The van der Waals surface area contributed by atoms with Crippen molar-refractivity contribution in [3.8, 4) is 0 Å². The fourth-order valence-corrected chi connectivity index (χ4v) is 3.94. The van der Waals surface area contributed by atoms with E-state index < -0.39 is 24.3 Å². The summed E-state index contributed by atoms with van der Waals surface area (Å²) >= 11 is 0. The Hall–Kier alpha value is -2.91. The second-order valence-electron chi connectivity index (χ2n) is 9.49. The van der Waals surface area contributed by atoms with Gasteiger partial charge in [-0.2, -0.15) is 26.3 Å². The first kappa shape index (κ1) is 35.1. The van der Waals surface area contributed by atoms with Gasteiger partial charge in [0.2, 0.25) is 5.91 Å². The van der Waals surface area contributed by atoms with Crippen LogP contribution in [0.25, 0.3) is 0 Å². The smallest absolute Gasteiger partial charge is 0.475 e. The number of likely N-dealkylation sites (tertiary alicyclic amines) is 1. The summed E-state index contributed by atoms with van der Waals surface area (Å²) in [6, 6.07) is 10.3. The normalized spacial score (nSPS) is 19.8. The van der Waals surface area contributed by atoms with Crippen LogP contribution >= 0.6 is 0 Å². The van der Waals surface area contributed by atoms with Gasteiger partial charge in [0.25, 0.3) is 0 Å². The third kappa shape index (κ3) is 13.9. The van der Waals surface area contributed by atoms with Crippen LogP contribution in [-0.4, -0.2) is 121 Å². The number of hydrogen-bond acceptors (Lipinski definition) is 6. The molecule has 228 valence electrons. The lowest BCUT2D eigenvalue weighted by molar-refractivity contribution is -0.193. The summed E-state index contributed by atoms with van der Waals surface area (Å²) in [4.78, 5) is 37.2. The van der Waals surface area contributed by atoms with Crippen LogP contribution in [0.4, 0.5) is 26.3 Å². The number of halogens is 6. The molecule has 1 aromatic carbocycles. The molecule has 2 aliphatic heterocycles. The number of carbonyl (C=O) groups excluding carboxylic acids is 1. The molecule has 2 atom stereocenters. The number of fused-ring (bicyclic) bond motifs is 1. The van der Waals surface area contributed by atoms with Gasteiger partial charge in [0, 0.05) is 51.6 Å². The van der Waals surface area contributed by atoms with Crippen LogP contribution in [0, 0.1) is 5.92 Å². The molecule has 0 radical (unpaired) electrons. The molecule has 2 N–H and O–H groups in total. The molecule has 0 saturated carbocycles. The highest BCUT2D eigenvalue weighted by molar-refractivity contribution is 5.76. The summed E-state index contributed by atoms with van der Waals surface area (Å²) in [6.07, 6.45) is -7.49. The SMILES string of the molecule is CN(C)CCN1CCO[C@@H]2CN(C(=O)CCc3ccccc3)CC[C@@H]2C1.O=C(O)C(F)(F)F.O=C(O)C(F)(F)F. The van der Waals surface area contributed by atoms with E-state index in [0.717, 1.165) is 58.7 Å². The van der Waals surface area contributed by atoms with E-state index in [9.17, 15) is 31.1 Å². The number of alkyl halides is 6. The topological polar surface area (TPSA) is 111 Å². The van der Waals surface area contributed by atoms with E-state index >= 15 is 0 Å². The molecule has 0 spiro atoms. The van der Waals surface area contributed by atoms with Crippen molar-refractivity contribution in [3.63, 3.8) is 0 Å². The zero-order valence-corrected chi connectivity index (χ0v) is 22.2. The number of likely N-dealkylation sites (N-methyl/N-ethyl adjacent to an activating group) is 1. The first-order chi connectivity index (χ1) is 18.5. The first-order valence-electron chi connectivity index (χ1n) is 12.4. The van der Waals surface area contributed by atoms with Gasteiger partial charge in [0.1, 0.15) is 0 Å². The molecule has 40 heavy (non-hydrogen) atoms. The number of hydrogen-bond donors (Lipinski definition) is 2. The lowest BCUT2D eigenvalue weighted by Crippen LogP contribution is -2.49. The Morgan fingerprint density at radius 2 is 1.50 bits per heavy atom. The van der Waals surface area contributed by atoms with Crippen molar-refractivity contribution >= 4 is 17.8 Å². The maximum atomic E-state index is 12.6. The number of rotatable bonds is 6. The number of carboxylic acids is 2. The van der Waals surface area contributed by atoms with Gasteiger partial charge in [-0.25, -0.2) is 9.59 Å². The molecule has 1 amide bonds. The molecule has 2 saturated heterocycles. The van der Waals surface area contributed by atoms with E-state index in [0.29, 0.717) is 12.3 Å². The lowest BCUT2D eigenvalue weighted by Gasteiger charge is -2.38. The monoisotopic (exact) mass is 587 g/mol. The van der Waals surface area contributed by atoms with Crippen molar-refractivity contribution in [1.29, 1.82) is 0 Å². The minimum Gasteiger partial charge on any atom is -0.475 e. The lowest BCUT2D eigenvalue weighted by atomic mass is 9.93. The summed E-state index contributed by atoms with van der Waals surface area (Å²) in [5.41, 5.74) is 1.23. The van der Waals surface area contributed by atoms with Crippen LogP contribution < -0.4 is 0 Å². The van der Waals surface area contributed by atoms with Gasteiger partial charge in [0.15, 0.2) is 0 Å². The molecule has 0 unspecified atom stereocenters. The number of carboxylic acid groups (broad SMARTS) is 2. The second-order valence-corrected chi connectivity index (χ2v) is 9.49. The maximum absolute atomic E-state index is 12.6. The third-order valence-electron chi connectivity index (χ3n) is 6.10. The molecule has 2 fully saturated rings. The molecule has 15 heteroatoms. The predicted molar refractivity (Wildman–Crippen MR) is 132 cm³/mol. The average molecular weight is 588 g/mol. The molecule has 2 heterocycles. The molecule has 9 nitrogen and oxygen atoms in total. The molecule has 0 bridgehead atoms. The minimum atomic E-state index is -5.08. The number of carbonyl (C=O) groups is 3. The highest BCUT2D eigenvalue weighted by Gasteiger charge is 2.39. The van der Waals surface area contributed by atoms with Crippen LogP contribution in [0.15, 0.2) is 30.3 Å². The van der Waals surface area contributed by atoms with Crippen molar-refractivity contribution in [2.24, 2.45) is 5.92 Å². The van der Waals surface area contributed by atoms with Crippen molar-refractivity contribution < 1.29 is 55.7 Å². The first-order valence-corrected chi connectivity index (χ1v) is 12.4. The largest absolute Gasteiger partial charge is 0.490 e. The Bertz CT molecular complexity index is 906. The number of ether oxygens (including phenoxy) is 1. The van der Waals surface area contributed by atoms with Crippen molar-refractivity contribution in [2.45, 2.75) is 37.7 Å². The fraction of sp³-hybridized carbons (Fsp3) is 0.640. The van der Waals surface area contributed by atoms with Crippen molar-refractivity contribution in [1.82, 2.24) is 14.7 Å². The Morgan fingerprint density at radius 3 is 2.00 bits per heavy atom.